The van der Waals surface area contributed by atoms with E-state index in [1.54, 1.807) is 4.68 Å². The van der Waals surface area contributed by atoms with Crippen LogP contribution in [0.4, 0.5) is 0 Å². The molecule has 86 valence electrons. The maximum Gasteiger partial charge on any atom is 0.137 e. The van der Waals surface area contributed by atoms with Crippen molar-refractivity contribution in [2.75, 3.05) is 0 Å². The van der Waals surface area contributed by atoms with Crippen LogP contribution in [0.5, 0.6) is 0 Å². The lowest BCUT2D eigenvalue weighted by atomic mass is 10.2. The van der Waals surface area contributed by atoms with Crippen LogP contribution in [-0.4, -0.2) is 19.2 Å². The molecule has 0 aliphatic rings. The van der Waals surface area contributed by atoms with Crippen molar-refractivity contribution in [2.24, 2.45) is 7.05 Å². The van der Waals surface area contributed by atoms with Crippen molar-refractivity contribution in [1.82, 2.24) is 19.2 Å². The van der Waals surface area contributed by atoms with Crippen molar-refractivity contribution < 1.29 is 0 Å². The molecular formula is C13H14N4. The van der Waals surface area contributed by atoms with E-state index in [-0.39, 0.29) is 0 Å². The van der Waals surface area contributed by atoms with E-state index in [1.165, 1.54) is 11.3 Å². The van der Waals surface area contributed by atoms with Gasteiger partial charge in [-0.1, -0.05) is 0 Å². The van der Waals surface area contributed by atoms with Crippen LogP contribution in [0.25, 0.3) is 16.9 Å². The first-order chi connectivity index (χ1) is 8.15. The van der Waals surface area contributed by atoms with Crippen LogP contribution < -0.4 is 0 Å². The highest BCUT2D eigenvalue weighted by molar-refractivity contribution is 5.63. The standard InChI is InChI=1S/C13H14N4/c1-9-4-10(2)17-12(7-14-13(17)5-9)11-6-15-16(3)8-11/h4-8H,1-3H3. The molecule has 0 aromatic carbocycles. The molecular weight excluding hydrogens is 212 g/mol. The number of hydrogen-bond donors (Lipinski definition) is 0. The highest BCUT2D eigenvalue weighted by Crippen LogP contribution is 2.22. The summed E-state index contributed by atoms with van der Waals surface area (Å²) in [7, 11) is 1.92. The zero-order chi connectivity index (χ0) is 12.0. The summed E-state index contributed by atoms with van der Waals surface area (Å²) in [4.78, 5) is 4.45. The average molecular weight is 226 g/mol. The lowest BCUT2D eigenvalue weighted by Gasteiger charge is -2.05. The normalized spacial score (nSPS) is 11.2. The first-order valence-corrected chi connectivity index (χ1v) is 5.59. The Morgan fingerprint density at radius 2 is 1.94 bits per heavy atom. The van der Waals surface area contributed by atoms with Gasteiger partial charge < -0.3 is 0 Å². The maximum atomic E-state index is 4.45. The van der Waals surface area contributed by atoms with Gasteiger partial charge in [-0.25, -0.2) is 4.98 Å². The highest BCUT2D eigenvalue weighted by Gasteiger charge is 2.09. The molecule has 0 atom stereocenters. The monoisotopic (exact) mass is 226 g/mol. The summed E-state index contributed by atoms with van der Waals surface area (Å²) in [5, 5.41) is 4.20. The van der Waals surface area contributed by atoms with Gasteiger partial charge in [0.25, 0.3) is 0 Å². The minimum Gasteiger partial charge on any atom is -0.297 e. The zero-order valence-corrected chi connectivity index (χ0v) is 10.2. The fraction of sp³-hybridized carbons (Fsp3) is 0.231. The Labute approximate surface area is 99.5 Å². The number of rotatable bonds is 1. The van der Waals surface area contributed by atoms with E-state index < -0.39 is 0 Å². The SMILES string of the molecule is Cc1cc(C)n2c(-c3cnn(C)c3)cnc2c1. The van der Waals surface area contributed by atoms with E-state index >= 15 is 0 Å². The maximum absolute atomic E-state index is 4.45. The van der Waals surface area contributed by atoms with Gasteiger partial charge >= 0.3 is 0 Å². The summed E-state index contributed by atoms with van der Waals surface area (Å²) in [5.41, 5.74) is 5.59. The molecule has 0 unspecified atom stereocenters. The van der Waals surface area contributed by atoms with E-state index in [0.717, 1.165) is 16.9 Å². The predicted octanol–water partition coefficient (Wildman–Crippen LogP) is 2.35. The van der Waals surface area contributed by atoms with Gasteiger partial charge in [-0.3, -0.25) is 9.08 Å². The molecule has 3 aromatic heterocycles. The highest BCUT2D eigenvalue weighted by atomic mass is 15.2. The summed E-state index contributed by atoms with van der Waals surface area (Å²) in [6.07, 6.45) is 5.77. The molecule has 0 aliphatic heterocycles. The molecule has 3 aromatic rings. The molecule has 3 rings (SSSR count). The molecule has 17 heavy (non-hydrogen) atoms. The van der Waals surface area contributed by atoms with Crippen LogP contribution in [0.1, 0.15) is 11.3 Å². The summed E-state index contributed by atoms with van der Waals surface area (Å²) in [5.74, 6) is 0. The summed E-state index contributed by atoms with van der Waals surface area (Å²) in [6.45, 7) is 4.19. The molecule has 0 aliphatic carbocycles. The number of aryl methyl sites for hydroxylation is 3. The molecule has 0 bridgehead atoms. The van der Waals surface area contributed by atoms with Gasteiger partial charge in [0.15, 0.2) is 0 Å². The lowest BCUT2D eigenvalue weighted by molar-refractivity contribution is 0.768. The van der Waals surface area contributed by atoms with Gasteiger partial charge in [-0.2, -0.15) is 5.10 Å². The molecule has 3 heterocycles. The second-order valence-corrected chi connectivity index (χ2v) is 4.41. The van der Waals surface area contributed by atoms with Crippen molar-refractivity contribution in [3.8, 4) is 11.3 Å². The van der Waals surface area contributed by atoms with Crippen molar-refractivity contribution in [1.29, 1.82) is 0 Å². The Morgan fingerprint density at radius 1 is 1.12 bits per heavy atom. The number of imidazole rings is 1. The summed E-state index contributed by atoms with van der Waals surface area (Å²) < 4.78 is 3.96. The third-order valence-electron chi connectivity index (χ3n) is 2.94. The number of pyridine rings is 1. The zero-order valence-electron chi connectivity index (χ0n) is 10.2. The topological polar surface area (TPSA) is 35.1 Å². The van der Waals surface area contributed by atoms with Crippen molar-refractivity contribution in [2.45, 2.75) is 13.8 Å². The molecule has 0 saturated heterocycles. The van der Waals surface area contributed by atoms with Crippen LogP contribution in [0, 0.1) is 13.8 Å². The van der Waals surface area contributed by atoms with Gasteiger partial charge in [0.05, 0.1) is 18.1 Å². The van der Waals surface area contributed by atoms with Crippen molar-refractivity contribution in [3.05, 3.63) is 42.0 Å². The number of hydrogen-bond acceptors (Lipinski definition) is 2. The molecule has 4 heteroatoms. The number of fused-ring (bicyclic) bond motifs is 1. The van der Waals surface area contributed by atoms with Gasteiger partial charge in [0, 0.05) is 24.5 Å². The minimum atomic E-state index is 0.987. The summed E-state index contributed by atoms with van der Waals surface area (Å²) in [6, 6.07) is 4.25. The third-order valence-corrected chi connectivity index (χ3v) is 2.94. The second-order valence-electron chi connectivity index (χ2n) is 4.41. The molecule has 0 radical (unpaired) electrons. The smallest absolute Gasteiger partial charge is 0.137 e. The molecule has 0 spiro atoms. The molecule has 0 amide bonds. The Kier molecular flexibility index (Phi) is 2.04. The fourth-order valence-corrected chi connectivity index (χ4v) is 2.24. The number of aromatic nitrogens is 4. The van der Waals surface area contributed by atoms with E-state index in [2.05, 4.69) is 40.5 Å². The first-order valence-electron chi connectivity index (χ1n) is 5.59. The van der Waals surface area contributed by atoms with Crippen molar-refractivity contribution >= 4 is 5.65 Å². The Balaban J connectivity index is 2.31. The van der Waals surface area contributed by atoms with E-state index in [9.17, 15) is 0 Å². The van der Waals surface area contributed by atoms with Crippen LogP contribution in [0.3, 0.4) is 0 Å². The predicted molar refractivity (Wildman–Crippen MR) is 66.9 cm³/mol. The van der Waals surface area contributed by atoms with Gasteiger partial charge in [0.1, 0.15) is 5.65 Å². The van der Waals surface area contributed by atoms with E-state index in [1.807, 2.05) is 25.6 Å². The van der Waals surface area contributed by atoms with E-state index in [0.29, 0.717) is 0 Å². The van der Waals surface area contributed by atoms with Crippen LogP contribution in [-0.2, 0) is 7.05 Å². The van der Waals surface area contributed by atoms with Crippen LogP contribution >= 0.6 is 0 Å². The Hall–Kier alpha value is -2.10. The largest absolute Gasteiger partial charge is 0.297 e. The fourth-order valence-electron chi connectivity index (χ4n) is 2.24. The van der Waals surface area contributed by atoms with E-state index in [4.69, 9.17) is 0 Å². The minimum absolute atomic E-state index is 0.987. The molecule has 4 nitrogen and oxygen atoms in total. The lowest BCUT2D eigenvalue weighted by Crippen LogP contribution is -1.94. The van der Waals surface area contributed by atoms with Crippen LogP contribution in [0.15, 0.2) is 30.7 Å². The van der Waals surface area contributed by atoms with Crippen molar-refractivity contribution in [3.63, 3.8) is 0 Å². The average Bonchev–Trinajstić information content (AvgIpc) is 2.83. The first kappa shape index (κ1) is 10.1. The second kappa shape index (κ2) is 3.45. The summed E-state index contributed by atoms with van der Waals surface area (Å²) >= 11 is 0. The Bertz CT molecular complexity index is 691. The number of nitrogens with zero attached hydrogens (tertiary/aromatic N) is 4. The van der Waals surface area contributed by atoms with Gasteiger partial charge in [0.2, 0.25) is 0 Å². The van der Waals surface area contributed by atoms with Gasteiger partial charge in [-0.15, -0.1) is 0 Å². The van der Waals surface area contributed by atoms with Gasteiger partial charge in [-0.05, 0) is 31.5 Å². The Morgan fingerprint density at radius 3 is 2.65 bits per heavy atom. The molecule has 0 saturated carbocycles. The third kappa shape index (κ3) is 1.53. The quantitative estimate of drug-likeness (QED) is 0.638. The molecule has 0 fully saturated rings. The van der Waals surface area contributed by atoms with Crippen LogP contribution in [0.2, 0.25) is 0 Å². The molecule has 0 N–H and O–H groups in total.